The SMILES string of the molecule is O=C([O-])Cc1sc(N(c2ccccc2)c2ccccc2)nc1-c1cccs1. The number of thiophene rings is 1. The van der Waals surface area contributed by atoms with Crippen molar-refractivity contribution in [1.29, 1.82) is 0 Å². The van der Waals surface area contributed by atoms with Gasteiger partial charge in [0.25, 0.3) is 0 Å². The molecule has 0 unspecified atom stereocenters. The standard InChI is InChI=1S/C21H16N2O2S2/c24-19(25)14-18-20(17-12-7-13-26-17)22-21(27-18)23(15-8-3-1-4-9-15)16-10-5-2-6-11-16/h1-13H,14H2,(H,24,25)/p-1. The summed E-state index contributed by atoms with van der Waals surface area (Å²) in [4.78, 5) is 19.8. The highest BCUT2D eigenvalue weighted by atomic mass is 32.1. The number of carbonyl (C=O) groups excluding carboxylic acids is 1. The van der Waals surface area contributed by atoms with Crippen LogP contribution >= 0.6 is 22.7 Å². The molecule has 0 N–H and O–H groups in total. The number of hydrogen-bond donors (Lipinski definition) is 0. The van der Waals surface area contributed by atoms with Crippen LogP contribution in [0.15, 0.2) is 78.2 Å². The maximum absolute atomic E-state index is 11.3. The van der Waals surface area contributed by atoms with Gasteiger partial charge in [0, 0.05) is 28.6 Å². The highest BCUT2D eigenvalue weighted by Crippen LogP contribution is 2.41. The van der Waals surface area contributed by atoms with Gasteiger partial charge >= 0.3 is 0 Å². The average molecular weight is 391 g/mol. The Morgan fingerprint density at radius 1 is 0.926 bits per heavy atom. The van der Waals surface area contributed by atoms with Crippen molar-refractivity contribution >= 4 is 45.1 Å². The summed E-state index contributed by atoms with van der Waals surface area (Å²) in [6.07, 6.45) is -0.150. The molecule has 0 amide bonds. The molecule has 0 fully saturated rings. The van der Waals surface area contributed by atoms with Gasteiger partial charge in [-0.3, -0.25) is 4.90 Å². The summed E-state index contributed by atoms with van der Waals surface area (Å²) in [6.45, 7) is 0. The lowest BCUT2D eigenvalue weighted by Gasteiger charge is -2.22. The molecule has 0 radical (unpaired) electrons. The number of carbonyl (C=O) groups is 1. The van der Waals surface area contributed by atoms with Crippen molar-refractivity contribution in [1.82, 2.24) is 4.98 Å². The third-order valence-corrected chi connectivity index (χ3v) is 5.88. The lowest BCUT2D eigenvalue weighted by molar-refractivity contribution is -0.304. The Morgan fingerprint density at radius 3 is 2.07 bits per heavy atom. The fourth-order valence-electron chi connectivity index (χ4n) is 2.82. The fourth-order valence-corrected chi connectivity index (χ4v) is 4.72. The van der Waals surface area contributed by atoms with E-state index >= 15 is 0 Å². The van der Waals surface area contributed by atoms with Gasteiger partial charge in [0.05, 0.1) is 10.6 Å². The summed E-state index contributed by atoms with van der Waals surface area (Å²) in [5.41, 5.74) is 2.65. The minimum Gasteiger partial charge on any atom is -0.550 e. The Bertz CT molecular complexity index is 989. The fraction of sp³-hybridized carbons (Fsp3) is 0.0476. The van der Waals surface area contributed by atoms with Crippen LogP contribution in [0.3, 0.4) is 0 Å². The van der Waals surface area contributed by atoms with E-state index in [1.54, 1.807) is 11.3 Å². The monoisotopic (exact) mass is 391 g/mol. The second-order valence-corrected chi connectivity index (χ2v) is 7.81. The van der Waals surface area contributed by atoms with Gasteiger partial charge < -0.3 is 9.90 Å². The van der Waals surface area contributed by atoms with E-state index in [1.807, 2.05) is 83.1 Å². The summed E-state index contributed by atoms with van der Waals surface area (Å²) >= 11 is 2.93. The van der Waals surface area contributed by atoms with Crippen LogP contribution in [0, 0.1) is 0 Å². The van der Waals surface area contributed by atoms with Crippen LogP contribution in [0.2, 0.25) is 0 Å². The molecular weight excluding hydrogens is 376 g/mol. The second-order valence-electron chi connectivity index (χ2n) is 5.80. The highest BCUT2D eigenvalue weighted by Gasteiger charge is 2.20. The Labute approximate surface area is 165 Å². The Kier molecular flexibility index (Phi) is 5.00. The molecule has 0 saturated heterocycles. The zero-order chi connectivity index (χ0) is 18.6. The maximum Gasteiger partial charge on any atom is 0.195 e. The number of nitrogens with zero attached hydrogens (tertiary/aromatic N) is 2. The van der Waals surface area contributed by atoms with E-state index in [-0.39, 0.29) is 6.42 Å². The van der Waals surface area contributed by atoms with E-state index in [0.717, 1.165) is 21.4 Å². The molecule has 0 saturated carbocycles. The van der Waals surface area contributed by atoms with Crippen LogP contribution < -0.4 is 10.0 Å². The molecule has 27 heavy (non-hydrogen) atoms. The van der Waals surface area contributed by atoms with Gasteiger partial charge in [0.2, 0.25) is 0 Å². The van der Waals surface area contributed by atoms with E-state index < -0.39 is 5.97 Å². The number of aromatic nitrogens is 1. The Morgan fingerprint density at radius 2 is 1.56 bits per heavy atom. The summed E-state index contributed by atoms with van der Waals surface area (Å²) in [5.74, 6) is -1.10. The zero-order valence-corrected chi connectivity index (χ0v) is 15.9. The largest absolute Gasteiger partial charge is 0.550 e. The zero-order valence-electron chi connectivity index (χ0n) is 14.2. The van der Waals surface area contributed by atoms with Crippen LogP contribution in [-0.2, 0) is 11.2 Å². The molecule has 134 valence electrons. The normalized spacial score (nSPS) is 10.7. The van der Waals surface area contributed by atoms with Crippen molar-refractivity contribution in [3.63, 3.8) is 0 Å². The van der Waals surface area contributed by atoms with Gasteiger partial charge in [0.15, 0.2) is 5.13 Å². The number of hydrogen-bond acceptors (Lipinski definition) is 6. The molecule has 2 heterocycles. The molecule has 4 nitrogen and oxygen atoms in total. The first-order chi connectivity index (χ1) is 13.2. The van der Waals surface area contributed by atoms with E-state index in [9.17, 15) is 9.90 Å². The average Bonchev–Trinajstić information content (AvgIpc) is 3.33. The molecule has 4 rings (SSSR count). The molecule has 0 atom stereocenters. The molecular formula is C21H15N2O2S2-. The molecule has 4 aromatic rings. The first kappa shape index (κ1) is 17.5. The first-order valence-electron chi connectivity index (χ1n) is 8.36. The molecule has 0 bridgehead atoms. The minimum absolute atomic E-state index is 0.150. The molecule has 6 heteroatoms. The van der Waals surface area contributed by atoms with Gasteiger partial charge in [-0.2, -0.15) is 0 Å². The number of anilines is 3. The summed E-state index contributed by atoms with van der Waals surface area (Å²) in [5, 5.41) is 14.0. The van der Waals surface area contributed by atoms with Crippen LogP contribution in [0.25, 0.3) is 10.6 Å². The van der Waals surface area contributed by atoms with E-state index in [4.69, 9.17) is 4.98 Å². The van der Waals surface area contributed by atoms with Gasteiger partial charge in [-0.25, -0.2) is 4.98 Å². The number of carboxylic acids is 1. The van der Waals surface area contributed by atoms with Crippen LogP contribution in [0.4, 0.5) is 16.5 Å². The third kappa shape index (κ3) is 3.77. The van der Waals surface area contributed by atoms with Crippen LogP contribution in [0.1, 0.15) is 4.88 Å². The quantitative estimate of drug-likeness (QED) is 0.481. The number of para-hydroxylation sites is 2. The van der Waals surface area contributed by atoms with E-state index in [2.05, 4.69) is 0 Å². The van der Waals surface area contributed by atoms with Crippen molar-refractivity contribution in [2.24, 2.45) is 0 Å². The summed E-state index contributed by atoms with van der Waals surface area (Å²) < 4.78 is 0. The van der Waals surface area contributed by atoms with Crippen LogP contribution in [-0.4, -0.2) is 11.0 Å². The highest BCUT2D eigenvalue weighted by molar-refractivity contribution is 7.17. The smallest absolute Gasteiger partial charge is 0.195 e. The van der Waals surface area contributed by atoms with Crippen molar-refractivity contribution in [3.8, 4) is 10.6 Å². The Hall–Kier alpha value is -2.96. The molecule has 2 aromatic heterocycles. The molecule has 0 aliphatic heterocycles. The molecule has 0 spiro atoms. The Balaban J connectivity index is 1.86. The van der Waals surface area contributed by atoms with Crippen LogP contribution in [0.5, 0.6) is 0 Å². The molecule has 2 aromatic carbocycles. The van der Waals surface area contributed by atoms with Crippen molar-refractivity contribution in [2.45, 2.75) is 6.42 Å². The van der Waals surface area contributed by atoms with Gasteiger partial charge in [-0.1, -0.05) is 42.5 Å². The lowest BCUT2D eigenvalue weighted by atomic mass is 10.2. The van der Waals surface area contributed by atoms with Crippen molar-refractivity contribution < 1.29 is 9.90 Å². The van der Waals surface area contributed by atoms with Gasteiger partial charge in [-0.05, 0) is 35.7 Å². The maximum atomic E-state index is 11.3. The number of aliphatic carboxylic acids is 1. The summed E-state index contributed by atoms with van der Waals surface area (Å²) in [7, 11) is 0. The number of rotatable bonds is 6. The number of benzene rings is 2. The molecule has 0 aliphatic carbocycles. The van der Waals surface area contributed by atoms with Crippen molar-refractivity contribution in [2.75, 3.05) is 4.90 Å². The van der Waals surface area contributed by atoms with E-state index in [1.165, 1.54) is 11.3 Å². The van der Waals surface area contributed by atoms with E-state index in [0.29, 0.717) is 10.6 Å². The number of thiazole rings is 1. The first-order valence-corrected chi connectivity index (χ1v) is 10.1. The second kappa shape index (κ2) is 7.73. The third-order valence-electron chi connectivity index (χ3n) is 3.97. The predicted octanol–water partition coefficient (Wildman–Crippen LogP) is 4.63. The van der Waals surface area contributed by atoms with Crippen molar-refractivity contribution in [3.05, 3.63) is 83.1 Å². The minimum atomic E-state index is -1.10. The molecule has 0 aliphatic rings. The lowest BCUT2D eigenvalue weighted by Crippen LogP contribution is -2.24. The number of carboxylic acid groups (broad SMARTS) is 1. The predicted molar refractivity (Wildman–Crippen MR) is 109 cm³/mol. The topological polar surface area (TPSA) is 56.3 Å². The van der Waals surface area contributed by atoms with Gasteiger partial charge in [-0.15, -0.1) is 22.7 Å². The summed E-state index contributed by atoms with van der Waals surface area (Å²) in [6, 6.07) is 23.8. The van der Waals surface area contributed by atoms with Gasteiger partial charge in [0.1, 0.15) is 0 Å².